The minimum Gasteiger partial charge on any atom is -0.493 e. The number of rotatable bonds is 6. The number of thiocarbonyl (C=S) groups is 1. The second-order valence-corrected chi connectivity index (χ2v) is 6.70. The number of carbonyl (C=O) groups excluding carboxylic acids is 1. The maximum atomic E-state index is 12.5. The number of amides is 1. The van der Waals surface area contributed by atoms with Gasteiger partial charge in [-0.2, -0.15) is 0 Å². The smallest absolute Gasteiger partial charge is 0.326 e. The van der Waals surface area contributed by atoms with E-state index in [0.717, 1.165) is 16.7 Å². The Morgan fingerprint density at radius 2 is 1.80 bits per heavy atom. The van der Waals surface area contributed by atoms with Crippen LogP contribution in [0.2, 0.25) is 0 Å². The van der Waals surface area contributed by atoms with Crippen LogP contribution in [0.5, 0.6) is 17.2 Å². The molecule has 1 aliphatic heterocycles. The van der Waals surface area contributed by atoms with E-state index in [0.29, 0.717) is 27.7 Å². The fourth-order valence-corrected chi connectivity index (χ4v) is 3.68. The van der Waals surface area contributed by atoms with Crippen molar-refractivity contribution in [1.82, 2.24) is 4.90 Å². The fourth-order valence-electron chi connectivity index (χ4n) is 2.26. The Labute approximate surface area is 154 Å². The summed E-state index contributed by atoms with van der Waals surface area (Å²) in [5, 5.41) is 9.12. The molecule has 1 amide bonds. The van der Waals surface area contributed by atoms with E-state index in [1.807, 2.05) is 0 Å². The van der Waals surface area contributed by atoms with Crippen LogP contribution in [0.4, 0.5) is 0 Å². The third-order valence-electron chi connectivity index (χ3n) is 3.55. The normalized spacial score (nSPS) is 17.0. The van der Waals surface area contributed by atoms with Crippen molar-refractivity contribution in [2.75, 3.05) is 21.3 Å². The summed E-state index contributed by atoms with van der Waals surface area (Å²) in [6.07, 6.45) is 1.61. The maximum Gasteiger partial charge on any atom is 0.326 e. The van der Waals surface area contributed by atoms with Crippen molar-refractivity contribution in [3.8, 4) is 17.2 Å². The molecule has 25 heavy (non-hydrogen) atoms. The van der Waals surface area contributed by atoms with Gasteiger partial charge >= 0.3 is 5.97 Å². The van der Waals surface area contributed by atoms with Crippen LogP contribution in [-0.4, -0.2) is 53.6 Å². The average Bonchev–Trinajstić information content (AvgIpc) is 2.86. The lowest BCUT2D eigenvalue weighted by Gasteiger charge is -2.18. The topological polar surface area (TPSA) is 85.3 Å². The number of methoxy groups -OCH3 is 3. The van der Waals surface area contributed by atoms with Gasteiger partial charge in [0.1, 0.15) is 10.4 Å². The van der Waals surface area contributed by atoms with Crippen LogP contribution in [0.15, 0.2) is 17.0 Å². The third-order valence-corrected chi connectivity index (χ3v) is 4.88. The summed E-state index contributed by atoms with van der Waals surface area (Å²) in [7, 11) is 4.49. The highest BCUT2D eigenvalue weighted by Crippen LogP contribution is 2.40. The van der Waals surface area contributed by atoms with Crippen LogP contribution < -0.4 is 14.2 Å². The molecule has 0 aliphatic carbocycles. The van der Waals surface area contributed by atoms with Crippen molar-refractivity contribution in [3.05, 3.63) is 22.6 Å². The number of carboxylic acids is 1. The summed E-state index contributed by atoms with van der Waals surface area (Å²) in [4.78, 5) is 25.1. The van der Waals surface area contributed by atoms with Gasteiger partial charge in [-0.15, -0.1) is 0 Å². The Hall–Kier alpha value is -2.26. The summed E-state index contributed by atoms with van der Waals surface area (Å²) in [6, 6.07) is 2.35. The molecule has 1 aromatic carbocycles. The van der Waals surface area contributed by atoms with Gasteiger partial charge in [-0.05, 0) is 30.7 Å². The predicted octanol–water partition coefficient (Wildman–Crippen LogP) is 2.39. The largest absolute Gasteiger partial charge is 0.493 e. The Balaban J connectivity index is 2.43. The molecule has 1 saturated heterocycles. The zero-order valence-corrected chi connectivity index (χ0v) is 15.7. The Kier molecular flexibility index (Phi) is 5.91. The Morgan fingerprint density at radius 3 is 2.24 bits per heavy atom. The lowest BCUT2D eigenvalue weighted by atomic mass is 10.1. The average molecular weight is 383 g/mol. The number of carbonyl (C=O) groups is 2. The molecule has 0 bridgehead atoms. The van der Waals surface area contributed by atoms with Gasteiger partial charge in [-0.25, -0.2) is 4.79 Å². The molecule has 1 fully saturated rings. The van der Waals surface area contributed by atoms with Crippen LogP contribution in [0.1, 0.15) is 12.5 Å². The van der Waals surface area contributed by atoms with Crippen LogP contribution in [0.25, 0.3) is 6.08 Å². The molecule has 0 saturated carbocycles. The van der Waals surface area contributed by atoms with Crippen molar-refractivity contribution in [2.24, 2.45) is 0 Å². The second kappa shape index (κ2) is 7.75. The number of thioether (sulfide) groups is 1. The van der Waals surface area contributed by atoms with Gasteiger partial charge in [0.2, 0.25) is 5.75 Å². The SMILES string of the molecule is COc1cc(C=C2SC(=S)N(C(C)C(=O)O)C2=O)cc(OC)c1OC. The summed E-state index contributed by atoms with van der Waals surface area (Å²) in [6.45, 7) is 1.41. The van der Waals surface area contributed by atoms with E-state index in [1.165, 1.54) is 28.3 Å². The van der Waals surface area contributed by atoms with Gasteiger partial charge in [0.05, 0.1) is 26.2 Å². The molecule has 1 aromatic rings. The van der Waals surface area contributed by atoms with E-state index >= 15 is 0 Å². The number of nitrogens with zero attached hydrogens (tertiary/aromatic N) is 1. The van der Waals surface area contributed by atoms with Crippen molar-refractivity contribution in [3.63, 3.8) is 0 Å². The minimum atomic E-state index is -1.12. The van der Waals surface area contributed by atoms with E-state index in [2.05, 4.69) is 0 Å². The molecule has 0 aromatic heterocycles. The second-order valence-electron chi connectivity index (χ2n) is 5.02. The Bertz CT molecular complexity index is 736. The monoisotopic (exact) mass is 383 g/mol. The highest BCUT2D eigenvalue weighted by Gasteiger charge is 2.38. The molecule has 1 aliphatic rings. The number of ether oxygens (including phenoxy) is 3. The number of benzene rings is 1. The van der Waals surface area contributed by atoms with Gasteiger partial charge in [0.25, 0.3) is 5.91 Å². The molecular formula is C16H17NO6S2. The molecular weight excluding hydrogens is 366 g/mol. The van der Waals surface area contributed by atoms with E-state index in [-0.39, 0.29) is 4.32 Å². The first kappa shape index (κ1) is 19.1. The zero-order chi connectivity index (χ0) is 18.7. The predicted molar refractivity (Wildman–Crippen MR) is 98.2 cm³/mol. The molecule has 0 spiro atoms. The van der Waals surface area contributed by atoms with Gasteiger partial charge < -0.3 is 19.3 Å². The highest BCUT2D eigenvalue weighted by atomic mass is 32.2. The van der Waals surface area contributed by atoms with Gasteiger partial charge in [-0.3, -0.25) is 9.69 Å². The number of hydrogen-bond donors (Lipinski definition) is 1. The van der Waals surface area contributed by atoms with Crippen LogP contribution in [0, 0.1) is 0 Å². The van der Waals surface area contributed by atoms with Gasteiger partial charge in [0, 0.05) is 0 Å². The van der Waals surface area contributed by atoms with E-state index in [1.54, 1.807) is 18.2 Å². The summed E-state index contributed by atoms with van der Waals surface area (Å²) in [5.41, 5.74) is 0.637. The third kappa shape index (κ3) is 3.72. The van der Waals surface area contributed by atoms with E-state index in [9.17, 15) is 9.59 Å². The molecule has 0 radical (unpaired) electrons. The number of hydrogen-bond acceptors (Lipinski definition) is 7. The zero-order valence-electron chi connectivity index (χ0n) is 14.1. The van der Waals surface area contributed by atoms with Crippen LogP contribution in [-0.2, 0) is 9.59 Å². The standard InChI is InChI=1S/C16H17NO6S2/c1-8(15(19)20)17-14(18)12(25-16(17)24)7-9-5-10(21-2)13(23-4)11(6-9)22-3/h5-8H,1-4H3,(H,19,20). The highest BCUT2D eigenvalue weighted by molar-refractivity contribution is 8.26. The molecule has 9 heteroatoms. The first-order chi connectivity index (χ1) is 11.8. The summed E-state index contributed by atoms with van der Waals surface area (Å²) >= 11 is 6.19. The molecule has 1 unspecified atom stereocenters. The first-order valence-electron chi connectivity index (χ1n) is 7.13. The first-order valence-corrected chi connectivity index (χ1v) is 8.36. The van der Waals surface area contributed by atoms with E-state index < -0.39 is 17.9 Å². The van der Waals surface area contributed by atoms with Crippen molar-refractivity contribution in [2.45, 2.75) is 13.0 Å². The van der Waals surface area contributed by atoms with Gasteiger partial charge in [-0.1, -0.05) is 24.0 Å². The Morgan fingerprint density at radius 1 is 1.24 bits per heavy atom. The van der Waals surface area contributed by atoms with Crippen molar-refractivity contribution >= 4 is 46.3 Å². The number of aliphatic carboxylic acids is 1. The number of carboxylic acid groups (broad SMARTS) is 1. The minimum absolute atomic E-state index is 0.207. The quantitative estimate of drug-likeness (QED) is 0.592. The molecule has 1 heterocycles. The lowest BCUT2D eigenvalue weighted by Crippen LogP contribution is -2.41. The van der Waals surface area contributed by atoms with Crippen LogP contribution in [0.3, 0.4) is 0 Å². The molecule has 2 rings (SSSR count). The molecule has 7 nitrogen and oxygen atoms in total. The fraction of sp³-hybridized carbons (Fsp3) is 0.312. The van der Waals surface area contributed by atoms with Crippen LogP contribution >= 0.6 is 24.0 Å². The summed E-state index contributed by atoms with van der Waals surface area (Å²) in [5.74, 6) is -0.233. The van der Waals surface area contributed by atoms with Gasteiger partial charge in [0.15, 0.2) is 11.5 Å². The lowest BCUT2D eigenvalue weighted by molar-refractivity contribution is -0.144. The molecule has 134 valence electrons. The maximum absolute atomic E-state index is 12.5. The molecule has 1 N–H and O–H groups in total. The summed E-state index contributed by atoms with van der Waals surface area (Å²) < 4.78 is 16.0. The van der Waals surface area contributed by atoms with Crippen molar-refractivity contribution < 1.29 is 28.9 Å². The van der Waals surface area contributed by atoms with Crippen molar-refractivity contribution in [1.29, 1.82) is 0 Å². The molecule has 1 atom stereocenters. The van der Waals surface area contributed by atoms with E-state index in [4.69, 9.17) is 31.5 Å².